The molecule has 1 aromatic rings. The van der Waals surface area contributed by atoms with E-state index in [0.29, 0.717) is 5.69 Å². The summed E-state index contributed by atoms with van der Waals surface area (Å²) >= 11 is 5.64. The molecule has 1 heterocycles. The molecule has 2 N–H and O–H groups in total. The highest BCUT2D eigenvalue weighted by molar-refractivity contribution is 6.31. The van der Waals surface area contributed by atoms with Gasteiger partial charge >= 0.3 is 6.03 Å². The van der Waals surface area contributed by atoms with E-state index in [1.807, 2.05) is 6.92 Å². The Morgan fingerprint density at radius 1 is 1.58 bits per heavy atom. The van der Waals surface area contributed by atoms with E-state index in [-0.39, 0.29) is 23.2 Å². The zero-order valence-electron chi connectivity index (χ0n) is 10.6. The molecule has 4 nitrogen and oxygen atoms in total. The molecule has 2 rings (SSSR count). The van der Waals surface area contributed by atoms with Crippen LogP contribution in [0.1, 0.15) is 19.8 Å². The van der Waals surface area contributed by atoms with Gasteiger partial charge in [-0.15, -0.1) is 0 Å². The lowest BCUT2D eigenvalue weighted by Crippen LogP contribution is -2.42. The minimum Gasteiger partial charge on any atom is -0.376 e. The maximum Gasteiger partial charge on any atom is 0.319 e. The van der Waals surface area contributed by atoms with E-state index in [1.165, 1.54) is 18.2 Å². The molecule has 104 valence electrons. The van der Waals surface area contributed by atoms with Crippen molar-refractivity contribution < 1.29 is 13.9 Å². The van der Waals surface area contributed by atoms with E-state index in [1.54, 1.807) is 0 Å². The molecule has 2 atom stereocenters. The van der Waals surface area contributed by atoms with Crippen LogP contribution in [0.3, 0.4) is 0 Å². The number of hydrogen-bond donors (Lipinski definition) is 2. The number of anilines is 1. The highest BCUT2D eigenvalue weighted by Gasteiger charge is 2.23. The van der Waals surface area contributed by atoms with Crippen LogP contribution in [0.25, 0.3) is 0 Å². The summed E-state index contributed by atoms with van der Waals surface area (Å²) in [7, 11) is 0. The number of carbonyl (C=O) groups is 1. The third-order valence-electron chi connectivity index (χ3n) is 3.06. The predicted molar refractivity (Wildman–Crippen MR) is 72.0 cm³/mol. The molecule has 1 fully saturated rings. The Hall–Kier alpha value is -1.33. The van der Waals surface area contributed by atoms with Gasteiger partial charge in [-0.25, -0.2) is 9.18 Å². The van der Waals surface area contributed by atoms with E-state index < -0.39 is 5.82 Å². The topological polar surface area (TPSA) is 50.4 Å². The lowest BCUT2D eigenvalue weighted by molar-refractivity contribution is 0.0868. The molecule has 0 saturated carbocycles. The van der Waals surface area contributed by atoms with Crippen LogP contribution in [0, 0.1) is 5.82 Å². The van der Waals surface area contributed by atoms with Gasteiger partial charge < -0.3 is 15.4 Å². The molecule has 0 aliphatic carbocycles. The van der Waals surface area contributed by atoms with Crippen LogP contribution in [0.2, 0.25) is 5.02 Å². The monoisotopic (exact) mass is 286 g/mol. The second kappa shape index (κ2) is 6.21. The molecule has 6 heteroatoms. The van der Waals surface area contributed by atoms with Crippen LogP contribution < -0.4 is 10.6 Å². The van der Waals surface area contributed by atoms with Gasteiger partial charge in [-0.1, -0.05) is 11.6 Å². The van der Waals surface area contributed by atoms with Crippen LogP contribution in [-0.4, -0.2) is 24.8 Å². The Bertz CT molecular complexity index is 464. The van der Waals surface area contributed by atoms with E-state index in [9.17, 15) is 9.18 Å². The van der Waals surface area contributed by atoms with E-state index in [2.05, 4.69) is 10.6 Å². The summed E-state index contributed by atoms with van der Waals surface area (Å²) in [5.74, 6) is -0.514. The summed E-state index contributed by atoms with van der Waals surface area (Å²) in [5, 5.41) is 5.38. The number of amides is 2. The average molecular weight is 287 g/mol. The van der Waals surface area contributed by atoms with Gasteiger partial charge in [0.1, 0.15) is 5.82 Å². The average Bonchev–Trinajstić information content (AvgIpc) is 2.87. The standard InChI is InChI=1S/C13H16ClFN2O2/c1-8(12-3-2-6-19-12)16-13(18)17-9-4-5-11(15)10(14)7-9/h4-5,7-8,12H,2-3,6H2,1H3,(H2,16,17,18)/t8-,12+/m0/s1. The SMILES string of the molecule is C[C@H](NC(=O)Nc1ccc(F)c(Cl)c1)[C@H]1CCCO1. The molecule has 0 aromatic heterocycles. The summed E-state index contributed by atoms with van der Waals surface area (Å²) in [6.07, 6.45) is 2.03. The highest BCUT2D eigenvalue weighted by Crippen LogP contribution is 2.19. The maximum atomic E-state index is 13.0. The van der Waals surface area contributed by atoms with Crippen molar-refractivity contribution in [2.75, 3.05) is 11.9 Å². The molecule has 2 amide bonds. The van der Waals surface area contributed by atoms with E-state index in [0.717, 1.165) is 19.4 Å². The summed E-state index contributed by atoms with van der Waals surface area (Å²) < 4.78 is 18.5. The number of rotatable bonds is 3. The van der Waals surface area contributed by atoms with Crippen molar-refractivity contribution in [2.45, 2.75) is 31.9 Å². The van der Waals surface area contributed by atoms with E-state index >= 15 is 0 Å². The summed E-state index contributed by atoms with van der Waals surface area (Å²) in [6.45, 7) is 2.64. The fraction of sp³-hybridized carbons (Fsp3) is 0.462. The summed E-state index contributed by atoms with van der Waals surface area (Å²) in [6, 6.07) is 3.61. The van der Waals surface area contributed by atoms with Crippen molar-refractivity contribution in [2.24, 2.45) is 0 Å². The second-order valence-electron chi connectivity index (χ2n) is 4.57. The Morgan fingerprint density at radius 3 is 3.00 bits per heavy atom. The number of ether oxygens (including phenoxy) is 1. The third kappa shape index (κ3) is 3.81. The van der Waals surface area contributed by atoms with Gasteiger partial charge in [0.15, 0.2) is 0 Å². The largest absolute Gasteiger partial charge is 0.376 e. The second-order valence-corrected chi connectivity index (χ2v) is 4.97. The molecule has 19 heavy (non-hydrogen) atoms. The first-order valence-electron chi connectivity index (χ1n) is 6.20. The molecular formula is C13H16ClFN2O2. The zero-order valence-corrected chi connectivity index (χ0v) is 11.3. The van der Waals surface area contributed by atoms with Crippen LogP contribution in [0.4, 0.5) is 14.9 Å². The molecule has 1 aliphatic rings. The van der Waals surface area contributed by atoms with Crippen molar-refractivity contribution in [3.05, 3.63) is 29.0 Å². The van der Waals surface area contributed by atoms with Crippen LogP contribution in [0.5, 0.6) is 0 Å². The lowest BCUT2D eigenvalue weighted by Gasteiger charge is -2.20. The Kier molecular flexibility index (Phi) is 4.61. The molecule has 1 saturated heterocycles. The quantitative estimate of drug-likeness (QED) is 0.897. The third-order valence-corrected chi connectivity index (χ3v) is 3.35. The Balaban J connectivity index is 1.88. The van der Waals surface area contributed by atoms with Crippen LogP contribution >= 0.6 is 11.6 Å². The molecule has 1 aliphatic heterocycles. The van der Waals surface area contributed by atoms with Gasteiger partial charge in [0.25, 0.3) is 0 Å². The smallest absolute Gasteiger partial charge is 0.319 e. The first kappa shape index (κ1) is 14.1. The fourth-order valence-corrected chi connectivity index (χ4v) is 2.22. The minimum absolute atomic E-state index is 0.0232. The van der Waals surface area contributed by atoms with Gasteiger partial charge in [-0.3, -0.25) is 0 Å². The summed E-state index contributed by atoms with van der Waals surface area (Å²) in [4.78, 5) is 11.8. The van der Waals surface area contributed by atoms with Gasteiger partial charge in [-0.2, -0.15) is 0 Å². The Morgan fingerprint density at radius 2 is 2.37 bits per heavy atom. The van der Waals surface area contributed by atoms with Gasteiger partial charge in [0.05, 0.1) is 17.2 Å². The Labute approximate surface area is 116 Å². The predicted octanol–water partition coefficient (Wildman–Crippen LogP) is 3.17. The van der Waals surface area contributed by atoms with Crippen molar-refractivity contribution >= 4 is 23.3 Å². The van der Waals surface area contributed by atoms with Crippen molar-refractivity contribution in [1.82, 2.24) is 5.32 Å². The highest BCUT2D eigenvalue weighted by atomic mass is 35.5. The maximum absolute atomic E-state index is 13.0. The lowest BCUT2D eigenvalue weighted by atomic mass is 10.1. The van der Waals surface area contributed by atoms with Crippen molar-refractivity contribution in [3.63, 3.8) is 0 Å². The molecule has 0 spiro atoms. The van der Waals surface area contributed by atoms with Crippen LogP contribution in [0.15, 0.2) is 18.2 Å². The molecule has 0 bridgehead atoms. The fourth-order valence-electron chi connectivity index (χ4n) is 2.04. The van der Waals surface area contributed by atoms with Crippen molar-refractivity contribution in [1.29, 1.82) is 0 Å². The molecule has 1 aromatic carbocycles. The first-order valence-corrected chi connectivity index (χ1v) is 6.58. The van der Waals surface area contributed by atoms with Gasteiger partial charge in [0.2, 0.25) is 0 Å². The van der Waals surface area contributed by atoms with Gasteiger partial charge in [-0.05, 0) is 38.0 Å². The van der Waals surface area contributed by atoms with Gasteiger partial charge in [0, 0.05) is 12.3 Å². The first-order chi connectivity index (χ1) is 9.06. The number of urea groups is 1. The number of hydrogen-bond acceptors (Lipinski definition) is 2. The van der Waals surface area contributed by atoms with Crippen molar-refractivity contribution in [3.8, 4) is 0 Å². The summed E-state index contributed by atoms with van der Waals surface area (Å²) in [5.41, 5.74) is 0.448. The zero-order chi connectivity index (χ0) is 13.8. The number of halogens is 2. The number of benzene rings is 1. The molecule has 0 unspecified atom stereocenters. The number of nitrogens with one attached hydrogen (secondary N) is 2. The molecule has 0 radical (unpaired) electrons. The van der Waals surface area contributed by atoms with E-state index in [4.69, 9.17) is 16.3 Å². The van der Waals surface area contributed by atoms with Crippen LogP contribution in [-0.2, 0) is 4.74 Å². The molecular weight excluding hydrogens is 271 g/mol. The minimum atomic E-state index is -0.514. The number of carbonyl (C=O) groups excluding carboxylic acids is 1. The normalized spacial score (nSPS) is 20.1.